The molecule has 6 heteroatoms. The van der Waals surface area contributed by atoms with Crippen LogP contribution in [0, 0.1) is 5.82 Å². The maximum absolute atomic E-state index is 13.4. The highest BCUT2D eigenvalue weighted by molar-refractivity contribution is 5.82. The van der Waals surface area contributed by atoms with E-state index in [0.717, 1.165) is 25.1 Å². The van der Waals surface area contributed by atoms with Gasteiger partial charge in [-0.05, 0) is 38.0 Å². The second kappa shape index (κ2) is 7.27. The van der Waals surface area contributed by atoms with Crippen molar-refractivity contribution in [2.24, 2.45) is 0 Å². The first-order valence-electron chi connectivity index (χ1n) is 8.29. The van der Waals surface area contributed by atoms with E-state index in [1.54, 1.807) is 12.1 Å². The number of benzene rings is 1. The lowest BCUT2D eigenvalue weighted by Gasteiger charge is -2.36. The van der Waals surface area contributed by atoms with E-state index in [4.69, 9.17) is 4.74 Å². The average molecular weight is 321 g/mol. The molecule has 3 atom stereocenters. The van der Waals surface area contributed by atoms with E-state index in [1.807, 2.05) is 13.0 Å². The molecule has 0 aliphatic carbocycles. The smallest absolute Gasteiger partial charge is 0.240 e. The summed E-state index contributed by atoms with van der Waals surface area (Å²) in [6, 6.07) is 6.40. The zero-order valence-electron chi connectivity index (χ0n) is 13.4. The summed E-state index contributed by atoms with van der Waals surface area (Å²) in [5, 5.41) is 6.32. The molecular formula is C17H24FN3O2. The van der Waals surface area contributed by atoms with E-state index in [2.05, 4.69) is 15.5 Å². The minimum atomic E-state index is -0.298. The Morgan fingerprint density at radius 2 is 2.35 bits per heavy atom. The third-order valence-electron chi connectivity index (χ3n) is 4.54. The second-order valence-electron chi connectivity index (χ2n) is 6.28. The number of rotatable bonds is 3. The highest BCUT2D eigenvalue weighted by atomic mass is 19.1. The Morgan fingerprint density at radius 1 is 1.48 bits per heavy atom. The van der Waals surface area contributed by atoms with Gasteiger partial charge in [-0.25, -0.2) is 4.39 Å². The van der Waals surface area contributed by atoms with Crippen molar-refractivity contribution in [1.82, 2.24) is 10.6 Å². The summed E-state index contributed by atoms with van der Waals surface area (Å²) in [5.41, 5.74) is 0.872. The molecule has 1 unspecified atom stereocenters. The Bertz CT molecular complexity index is 554. The van der Waals surface area contributed by atoms with Crippen molar-refractivity contribution in [2.45, 2.75) is 38.0 Å². The van der Waals surface area contributed by atoms with Crippen LogP contribution < -0.4 is 15.5 Å². The molecule has 126 valence electrons. The predicted octanol–water partition coefficient (Wildman–Crippen LogP) is 1.29. The topological polar surface area (TPSA) is 53.6 Å². The lowest BCUT2D eigenvalue weighted by Crippen LogP contribution is -2.58. The van der Waals surface area contributed by atoms with Crippen molar-refractivity contribution >= 4 is 11.6 Å². The van der Waals surface area contributed by atoms with Crippen LogP contribution in [-0.4, -0.2) is 50.3 Å². The SMILES string of the molecule is C[C@H]1OCCN[C@@H]1C(=O)NC1CCCN(c2cccc(F)c2)C1. The second-order valence-corrected chi connectivity index (χ2v) is 6.28. The van der Waals surface area contributed by atoms with Crippen molar-refractivity contribution in [3.8, 4) is 0 Å². The van der Waals surface area contributed by atoms with Gasteiger partial charge in [0.05, 0.1) is 12.7 Å². The molecule has 2 aliphatic rings. The van der Waals surface area contributed by atoms with E-state index in [1.165, 1.54) is 6.07 Å². The van der Waals surface area contributed by atoms with Gasteiger partial charge in [-0.15, -0.1) is 0 Å². The molecule has 2 aliphatic heterocycles. The highest BCUT2D eigenvalue weighted by Crippen LogP contribution is 2.21. The Balaban J connectivity index is 1.59. The molecule has 0 aromatic heterocycles. The predicted molar refractivity (Wildman–Crippen MR) is 87.0 cm³/mol. The number of halogens is 1. The van der Waals surface area contributed by atoms with Crippen LogP contribution in [0.2, 0.25) is 0 Å². The molecule has 1 aromatic rings. The summed E-state index contributed by atoms with van der Waals surface area (Å²) >= 11 is 0. The normalized spacial score (nSPS) is 28.4. The minimum absolute atomic E-state index is 0.0108. The summed E-state index contributed by atoms with van der Waals surface area (Å²) in [5.74, 6) is -0.241. The van der Waals surface area contributed by atoms with Crippen LogP contribution in [0.5, 0.6) is 0 Å². The van der Waals surface area contributed by atoms with Crippen LogP contribution >= 0.6 is 0 Å². The Hall–Kier alpha value is -1.66. The van der Waals surface area contributed by atoms with E-state index >= 15 is 0 Å². The molecule has 2 heterocycles. The van der Waals surface area contributed by atoms with Gasteiger partial charge in [-0.1, -0.05) is 6.07 Å². The van der Waals surface area contributed by atoms with Gasteiger partial charge < -0.3 is 20.3 Å². The number of amides is 1. The number of hydrogen-bond donors (Lipinski definition) is 2. The van der Waals surface area contributed by atoms with Gasteiger partial charge in [-0.3, -0.25) is 4.79 Å². The fourth-order valence-electron chi connectivity index (χ4n) is 3.32. The molecule has 1 amide bonds. The van der Waals surface area contributed by atoms with E-state index < -0.39 is 0 Å². The maximum atomic E-state index is 13.4. The third-order valence-corrected chi connectivity index (χ3v) is 4.54. The lowest BCUT2D eigenvalue weighted by atomic mass is 10.0. The summed E-state index contributed by atoms with van der Waals surface area (Å²) in [6.07, 6.45) is 1.80. The van der Waals surface area contributed by atoms with Crippen LogP contribution in [0.25, 0.3) is 0 Å². The van der Waals surface area contributed by atoms with Gasteiger partial charge in [0.15, 0.2) is 0 Å². The van der Waals surface area contributed by atoms with E-state index in [-0.39, 0.29) is 29.9 Å². The third kappa shape index (κ3) is 4.00. The summed E-state index contributed by atoms with van der Waals surface area (Å²) < 4.78 is 18.9. The number of ether oxygens (including phenoxy) is 1. The molecular weight excluding hydrogens is 297 g/mol. The molecule has 0 spiro atoms. The number of anilines is 1. The Labute approximate surface area is 136 Å². The van der Waals surface area contributed by atoms with Crippen molar-refractivity contribution in [3.63, 3.8) is 0 Å². The molecule has 5 nitrogen and oxygen atoms in total. The minimum Gasteiger partial charge on any atom is -0.375 e. The number of piperidine rings is 1. The van der Waals surface area contributed by atoms with Crippen LogP contribution in [0.3, 0.4) is 0 Å². The zero-order valence-corrected chi connectivity index (χ0v) is 13.4. The van der Waals surface area contributed by atoms with Crippen molar-refractivity contribution in [2.75, 3.05) is 31.1 Å². The standard InChI is InChI=1S/C17H24FN3O2/c1-12-16(19-7-9-23-12)17(22)20-14-5-3-8-21(11-14)15-6-2-4-13(18)10-15/h2,4,6,10,12,14,16,19H,3,5,7-9,11H2,1H3,(H,20,22)/t12-,14?,16+/m1/s1. The number of nitrogens with one attached hydrogen (secondary N) is 2. The van der Waals surface area contributed by atoms with E-state index in [0.29, 0.717) is 19.7 Å². The molecule has 2 fully saturated rings. The largest absolute Gasteiger partial charge is 0.375 e. The summed E-state index contributed by atoms with van der Waals surface area (Å²) in [4.78, 5) is 14.6. The first-order chi connectivity index (χ1) is 11.1. The number of carbonyl (C=O) groups is 1. The number of carbonyl (C=O) groups excluding carboxylic acids is 1. The highest BCUT2D eigenvalue weighted by Gasteiger charge is 2.30. The van der Waals surface area contributed by atoms with Crippen LogP contribution in [-0.2, 0) is 9.53 Å². The average Bonchev–Trinajstić information content (AvgIpc) is 2.55. The number of morpholine rings is 1. The fourth-order valence-corrected chi connectivity index (χ4v) is 3.32. The number of hydrogen-bond acceptors (Lipinski definition) is 4. The molecule has 23 heavy (non-hydrogen) atoms. The lowest BCUT2D eigenvalue weighted by molar-refractivity contribution is -0.129. The first kappa shape index (κ1) is 16.2. The first-order valence-corrected chi connectivity index (χ1v) is 8.29. The van der Waals surface area contributed by atoms with Crippen molar-refractivity contribution in [3.05, 3.63) is 30.1 Å². The Morgan fingerprint density at radius 3 is 3.13 bits per heavy atom. The fraction of sp³-hybridized carbons (Fsp3) is 0.588. The molecule has 0 bridgehead atoms. The van der Waals surface area contributed by atoms with Gasteiger partial charge in [0.2, 0.25) is 5.91 Å². The summed E-state index contributed by atoms with van der Waals surface area (Å²) in [7, 11) is 0. The van der Waals surface area contributed by atoms with Crippen LogP contribution in [0.4, 0.5) is 10.1 Å². The molecule has 2 N–H and O–H groups in total. The van der Waals surface area contributed by atoms with Crippen molar-refractivity contribution < 1.29 is 13.9 Å². The molecule has 1 aromatic carbocycles. The van der Waals surface area contributed by atoms with Gasteiger partial charge in [-0.2, -0.15) is 0 Å². The van der Waals surface area contributed by atoms with Gasteiger partial charge in [0.25, 0.3) is 0 Å². The molecule has 2 saturated heterocycles. The van der Waals surface area contributed by atoms with E-state index in [9.17, 15) is 9.18 Å². The van der Waals surface area contributed by atoms with Gasteiger partial charge in [0, 0.05) is 31.4 Å². The monoisotopic (exact) mass is 321 g/mol. The van der Waals surface area contributed by atoms with Gasteiger partial charge >= 0.3 is 0 Å². The zero-order chi connectivity index (χ0) is 16.2. The molecule has 0 saturated carbocycles. The van der Waals surface area contributed by atoms with Crippen LogP contribution in [0.15, 0.2) is 24.3 Å². The molecule has 0 radical (unpaired) electrons. The Kier molecular flexibility index (Phi) is 5.13. The van der Waals surface area contributed by atoms with Crippen LogP contribution in [0.1, 0.15) is 19.8 Å². The van der Waals surface area contributed by atoms with Crippen molar-refractivity contribution in [1.29, 1.82) is 0 Å². The molecule has 3 rings (SSSR count). The summed E-state index contributed by atoms with van der Waals surface area (Å²) in [6.45, 7) is 4.84. The quantitative estimate of drug-likeness (QED) is 0.881. The van der Waals surface area contributed by atoms with Gasteiger partial charge in [0.1, 0.15) is 11.9 Å². The maximum Gasteiger partial charge on any atom is 0.240 e. The number of nitrogens with zero attached hydrogens (tertiary/aromatic N) is 1.